The van der Waals surface area contributed by atoms with Crippen LogP contribution in [0.3, 0.4) is 0 Å². The number of fused-ring (bicyclic) bond motifs is 1. The van der Waals surface area contributed by atoms with Crippen molar-refractivity contribution >= 4 is 10.9 Å². The fourth-order valence-corrected chi connectivity index (χ4v) is 3.29. The molecule has 1 nitrogen and oxygen atoms in total. The van der Waals surface area contributed by atoms with Crippen LogP contribution in [-0.4, -0.2) is 4.98 Å². The quantitative estimate of drug-likeness (QED) is 0.410. The van der Waals surface area contributed by atoms with Crippen LogP contribution in [0.2, 0.25) is 0 Å². The van der Waals surface area contributed by atoms with E-state index < -0.39 is 0 Å². The van der Waals surface area contributed by atoms with Gasteiger partial charge in [0, 0.05) is 16.6 Å². The molecule has 0 aliphatic heterocycles. The molecule has 0 saturated carbocycles. The molecule has 0 fully saturated rings. The van der Waals surface area contributed by atoms with E-state index in [0.29, 0.717) is 0 Å². The largest absolute Gasteiger partial charge is 0.252 e. The highest BCUT2D eigenvalue weighted by atomic mass is 14.7. The lowest BCUT2D eigenvalue weighted by atomic mass is 9.93. The number of aromatic nitrogens is 1. The Kier molecular flexibility index (Phi) is 3.85. The van der Waals surface area contributed by atoms with Gasteiger partial charge in [-0.1, -0.05) is 72.3 Å². The van der Waals surface area contributed by atoms with Crippen molar-refractivity contribution in [1.29, 1.82) is 0 Å². The summed E-state index contributed by atoms with van der Waals surface area (Å²) in [6, 6.07) is 25.9. The summed E-state index contributed by atoms with van der Waals surface area (Å²) in [5, 5.41) is 1.22. The van der Waals surface area contributed by atoms with Gasteiger partial charge in [0.1, 0.15) is 0 Å². The highest BCUT2D eigenvalue weighted by Crippen LogP contribution is 2.35. The van der Waals surface area contributed by atoms with Crippen LogP contribution in [0.1, 0.15) is 16.8 Å². The van der Waals surface area contributed by atoms with E-state index in [2.05, 4.69) is 93.6 Å². The molecule has 0 atom stereocenters. The molecule has 4 aromatic rings. The van der Waals surface area contributed by atoms with E-state index in [9.17, 15) is 0 Å². The molecule has 0 aliphatic rings. The van der Waals surface area contributed by atoms with Gasteiger partial charge in [-0.3, -0.25) is 4.98 Å². The van der Waals surface area contributed by atoms with Crippen LogP contribution in [0.5, 0.6) is 0 Å². The molecule has 0 unspecified atom stereocenters. The Balaban J connectivity index is 2.04. The molecular weight excluding hydrogens is 302 g/mol. The van der Waals surface area contributed by atoms with Gasteiger partial charge in [0.05, 0.1) is 5.52 Å². The lowest BCUT2D eigenvalue weighted by Crippen LogP contribution is -1.93. The Morgan fingerprint density at radius 1 is 0.640 bits per heavy atom. The van der Waals surface area contributed by atoms with Gasteiger partial charge in [-0.25, -0.2) is 0 Å². The average molecular weight is 323 g/mol. The standard InChI is InChI=1S/C24H21N/c1-16-9-11-20(12-10-16)22-14-13-21(19-7-5-4-6-8-19)23-15-17(2)18(3)25-24(22)23/h4-15H,1-3H3. The van der Waals surface area contributed by atoms with Gasteiger partial charge >= 0.3 is 0 Å². The predicted octanol–water partition coefficient (Wildman–Crippen LogP) is 6.49. The lowest BCUT2D eigenvalue weighted by Gasteiger charge is -2.13. The zero-order valence-electron chi connectivity index (χ0n) is 14.9. The first kappa shape index (κ1) is 15.6. The average Bonchev–Trinajstić information content (AvgIpc) is 2.63. The van der Waals surface area contributed by atoms with Gasteiger partial charge in [0.2, 0.25) is 0 Å². The first-order chi connectivity index (χ1) is 12.1. The summed E-state index contributed by atoms with van der Waals surface area (Å²) in [5.41, 5.74) is 9.54. The predicted molar refractivity (Wildman–Crippen MR) is 107 cm³/mol. The van der Waals surface area contributed by atoms with Crippen LogP contribution in [0, 0.1) is 20.8 Å². The van der Waals surface area contributed by atoms with Gasteiger partial charge < -0.3 is 0 Å². The van der Waals surface area contributed by atoms with Crippen molar-refractivity contribution in [3.05, 3.63) is 89.6 Å². The fourth-order valence-electron chi connectivity index (χ4n) is 3.29. The summed E-state index contributed by atoms with van der Waals surface area (Å²) in [6.07, 6.45) is 0. The second-order valence-corrected chi connectivity index (χ2v) is 6.68. The smallest absolute Gasteiger partial charge is 0.0789 e. The third-order valence-corrected chi connectivity index (χ3v) is 4.88. The molecule has 25 heavy (non-hydrogen) atoms. The third-order valence-electron chi connectivity index (χ3n) is 4.88. The molecule has 3 aromatic carbocycles. The Morgan fingerprint density at radius 2 is 1.28 bits per heavy atom. The van der Waals surface area contributed by atoms with E-state index in [-0.39, 0.29) is 0 Å². The molecule has 0 radical (unpaired) electrons. The second-order valence-electron chi connectivity index (χ2n) is 6.68. The summed E-state index contributed by atoms with van der Waals surface area (Å²) in [6.45, 7) is 6.34. The summed E-state index contributed by atoms with van der Waals surface area (Å²) in [5.74, 6) is 0. The molecule has 0 amide bonds. The van der Waals surface area contributed by atoms with Crippen molar-refractivity contribution < 1.29 is 0 Å². The van der Waals surface area contributed by atoms with Gasteiger partial charge in [0.25, 0.3) is 0 Å². The first-order valence-electron chi connectivity index (χ1n) is 8.67. The normalized spacial score (nSPS) is 11.0. The summed E-state index contributed by atoms with van der Waals surface area (Å²) >= 11 is 0. The maximum absolute atomic E-state index is 4.96. The van der Waals surface area contributed by atoms with Crippen molar-refractivity contribution in [1.82, 2.24) is 4.98 Å². The van der Waals surface area contributed by atoms with E-state index in [1.54, 1.807) is 0 Å². The van der Waals surface area contributed by atoms with Crippen molar-refractivity contribution in [2.24, 2.45) is 0 Å². The van der Waals surface area contributed by atoms with E-state index in [0.717, 1.165) is 11.2 Å². The van der Waals surface area contributed by atoms with Gasteiger partial charge in [-0.05, 0) is 49.1 Å². The Labute approximate surface area is 149 Å². The molecule has 1 heteroatoms. The first-order valence-corrected chi connectivity index (χ1v) is 8.67. The number of hydrogen-bond acceptors (Lipinski definition) is 1. The number of benzene rings is 3. The minimum absolute atomic E-state index is 1.08. The van der Waals surface area contributed by atoms with Crippen LogP contribution in [0.25, 0.3) is 33.2 Å². The summed E-state index contributed by atoms with van der Waals surface area (Å²) < 4.78 is 0. The summed E-state index contributed by atoms with van der Waals surface area (Å²) in [7, 11) is 0. The topological polar surface area (TPSA) is 12.9 Å². The minimum atomic E-state index is 1.08. The SMILES string of the molecule is Cc1ccc(-c2ccc(-c3ccccc3)c3cc(C)c(C)nc23)cc1. The summed E-state index contributed by atoms with van der Waals surface area (Å²) in [4.78, 5) is 4.96. The fraction of sp³-hybridized carbons (Fsp3) is 0.125. The molecular formula is C24H21N. The lowest BCUT2D eigenvalue weighted by molar-refractivity contribution is 1.20. The Hall–Kier alpha value is -2.93. The highest BCUT2D eigenvalue weighted by molar-refractivity contribution is 6.03. The highest BCUT2D eigenvalue weighted by Gasteiger charge is 2.12. The second kappa shape index (κ2) is 6.18. The van der Waals surface area contributed by atoms with Crippen LogP contribution >= 0.6 is 0 Å². The monoisotopic (exact) mass is 323 g/mol. The van der Waals surface area contributed by atoms with Crippen LogP contribution < -0.4 is 0 Å². The van der Waals surface area contributed by atoms with Gasteiger partial charge in [-0.15, -0.1) is 0 Å². The molecule has 1 heterocycles. The maximum atomic E-state index is 4.96. The molecule has 122 valence electrons. The van der Waals surface area contributed by atoms with E-state index in [4.69, 9.17) is 4.98 Å². The zero-order chi connectivity index (χ0) is 17.4. The van der Waals surface area contributed by atoms with Gasteiger partial charge in [0.15, 0.2) is 0 Å². The van der Waals surface area contributed by atoms with Crippen molar-refractivity contribution in [2.45, 2.75) is 20.8 Å². The molecule has 0 spiro atoms. The number of nitrogens with zero attached hydrogens (tertiary/aromatic N) is 1. The maximum Gasteiger partial charge on any atom is 0.0789 e. The Bertz CT molecular complexity index is 1040. The Morgan fingerprint density at radius 3 is 2.00 bits per heavy atom. The molecule has 1 aromatic heterocycles. The minimum Gasteiger partial charge on any atom is -0.252 e. The zero-order valence-corrected chi connectivity index (χ0v) is 14.9. The number of aryl methyl sites for hydroxylation is 3. The van der Waals surface area contributed by atoms with Crippen molar-refractivity contribution in [3.63, 3.8) is 0 Å². The molecule has 0 N–H and O–H groups in total. The van der Waals surface area contributed by atoms with Crippen molar-refractivity contribution in [3.8, 4) is 22.3 Å². The van der Waals surface area contributed by atoms with E-state index >= 15 is 0 Å². The van der Waals surface area contributed by atoms with Crippen LogP contribution in [0.4, 0.5) is 0 Å². The van der Waals surface area contributed by atoms with Crippen LogP contribution in [-0.2, 0) is 0 Å². The van der Waals surface area contributed by atoms with Crippen molar-refractivity contribution in [2.75, 3.05) is 0 Å². The van der Waals surface area contributed by atoms with Gasteiger partial charge in [-0.2, -0.15) is 0 Å². The number of hydrogen-bond donors (Lipinski definition) is 0. The van der Waals surface area contributed by atoms with E-state index in [1.807, 2.05) is 0 Å². The molecule has 0 saturated heterocycles. The third kappa shape index (κ3) is 2.83. The molecule has 0 aliphatic carbocycles. The van der Waals surface area contributed by atoms with Crippen LogP contribution in [0.15, 0.2) is 72.8 Å². The molecule has 0 bridgehead atoms. The molecule has 4 rings (SSSR count). The number of pyridine rings is 1. The number of rotatable bonds is 2. The van der Waals surface area contributed by atoms with E-state index in [1.165, 1.54) is 38.8 Å².